The molecule has 1 aliphatic carbocycles. The lowest BCUT2D eigenvalue weighted by molar-refractivity contribution is -0.124. The predicted molar refractivity (Wildman–Crippen MR) is 87.6 cm³/mol. The third-order valence-corrected chi connectivity index (χ3v) is 5.34. The number of likely N-dealkylation sites (tertiary alicyclic amines) is 1. The third-order valence-electron chi connectivity index (χ3n) is 5.34. The van der Waals surface area contributed by atoms with Gasteiger partial charge in [0.2, 0.25) is 5.91 Å². The maximum atomic E-state index is 11.8. The molecule has 2 heterocycles. The molecular weight excluding hydrogens is 274 g/mol. The van der Waals surface area contributed by atoms with Gasteiger partial charge in [0, 0.05) is 42.1 Å². The molecule has 3 N–H and O–H groups in total. The Morgan fingerprint density at radius 3 is 3.14 bits per heavy atom. The summed E-state index contributed by atoms with van der Waals surface area (Å²) in [5.41, 5.74) is 9.57. The summed E-state index contributed by atoms with van der Waals surface area (Å²) in [4.78, 5) is 17.5. The number of aromatic amines is 1. The van der Waals surface area contributed by atoms with E-state index in [1.54, 1.807) is 0 Å². The Kier molecular flexibility index (Phi) is 3.08. The molecule has 1 amide bonds. The normalized spacial score (nSPS) is 27.5. The Morgan fingerprint density at radius 1 is 1.50 bits per heavy atom. The van der Waals surface area contributed by atoms with E-state index in [4.69, 9.17) is 5.73 Å². The van der Waals surface area contributed by atoms with Gasteiger partial charge in [-0.25, -0.2) is 0 Å². The molecule has 3 atom stereocenters. The molecule has 1 aromatic heterocycles. The Balaban J connectivity index is 1.82. The van der Waals surface area contributed by atoms with E-state index < -0.39 is 0 Å². The Morgan fingerprint density at radius 2 is 2.36 bits per heavy atom. The van der Waals surface area contributed by atoms with Crippen molar-refractivity contribution in [2.45, 2.75) is 24.8 Å². The number of amides is 1. The minimum Gasteiger partial charge on any atom is -0.369 e. The number of carbonyl (C=O) groups is 1. The molecule has 4 heteroatoms. The molecule has 4 nitrogen and oxygen atoms in total. The minimum atomic E-state index is -0.181. The van der Waals surface area contributed by atoms with Crippen LogP contribution in [0.5, 0.6) is 0 Å². The summed E-state index contributed by atoms with van der Waals surface area (Å²) < 4.78 is 0. The fourth-order valence-corrected chi connectivity index (χ4v) is 4.38. The van der Waals surface area contributed by atoms with Crippen molar-refractivity contribution in [3.8, 4) is 0 Å². The number of benzene rings is 1. The largest absolute Gasteiger partial charge is 0.369 e. The lowest BCUT2D eigenvalue weighted by Gasteiger charge is -2.46. The zero-order valence-corrected chi connectivity index (χ0v) is 12.6. The van der Waals surface area contributed by atoms with E-state index >= 15 is 0 Å². The van der Waals surface area contributed by atoms with Gasteiger partial charge in [-0.05, 0) is 30.0 Å². The summed E-state index contributed by atoms with van der Waals surface area (Å²) >= 11 is 0. The van der Waals surface area contributed by atoms with E-state index in [0.717, 1.165) is 25.9 Å². The van der Waals surface area contributed by atoms with Gasteiger partial charge in [-0.15, -0.1) is 6.58 Å². The first-order valence-electron chi connectivity index (χ1n) is 7.92. The van der Waals surface area contributed by atoms with Crippen molar-refractivity contribution < 1.29 is 4.79 Å². The summed E-state index contributed by atoms with van der Waals surface area (Å²) in [5.74, 6) is 0.120. The molecule has 1 aliphatic heterocycles. The van der Waals surface area contributed by atoms with Gasteiger partial charge in [-0.2, -0.15) is 0 Å². The van der Waals surface area contributed by atoms with Gasteiger partial charge in [-0.3, -0.25) is 9.69 Å². The van der Waals surface area contributed by atoms with Gasteiger partial charge >= 0.3 is 0 Å². The molecule has 1 fully saturated rings. The maximum absolute atomic E-state index is 11.8. The van der Waals surface area contributed by atoms with Crippen LogP contribution in [0.1, 0.15) is 23.5 Å². The molecule has 0 saturated carbocycles. The van der Waals surface area contributed by atoms with Gasteiger partial charge < -0.3 is 10.7 Å². The van der Waals surface area contributed by atoms with E-state index in [-0.39, 0.29) is 11.8 Å². The molecule has 0 spiro atoms. The minimum absolute atomic E-state index is 0.0723. The lowest BCUT2D eigenvalue weighted by atomic mass is 9.72. The number of rotatable bonds is 3. The number of aromatic nitrogens is 1. The maximum Gasteiger partial charge on any atom is 0.221 e. The number of hydrogen-bond acceptors (Lipinski definition) is 2. The smallest absolute Gasteiger partial charge is 0.221 e. The standard InChI is InChI=1S/C18H21N3O/c1-2-6-21-10-12(18(19)22)7-14-13-4-3-5-15-17(13)11(9-20-15)8-16(14)21/h2-5,9,12,14,16,20H,1,6-8,10H2,(H2,19,22)/t12-,14-,16-/m1/s1. The highest BCUT2D eigenvalue weighted by atomic mass is 16.1. The molecule has 1 saturated heterocycles. The summed E-state index contributed by atoms with van der Waals surface area (Å²) in [6, 6.07) is 6.87. The second-order valence-electron chi connectivity index (χ2n) is 6.54. The van der Waals surface area contributed by atoms with Gasteiger partial charge in [-0.1, -0.05) is 18.2 Å². The Hall–Kier alpha value is -2.07. The van der Waals surface area contributed by atoms with E-state index in [9.17, 15) is 4.79 Å². The first-order valence-corrected chi connectivity index (χ1v) is 7.92. The number of nitrogens with zero attached hydrogens (tertiary/aromatic N) is 1. The zero-order valence-electron chi connectivity index (χ0n) is 12.6. The van der Waals surface area contributed by atoms with Gasteiger partial charge in [0.05, 0.1) is 5.92 Å². The molecule has 22 heavy (non-hydrogen) atoms. The van der Waals surface area contributed by atoms with Crippen LogP contribution < -0.4 is 5.73 Å². The molecular formula is C18H21N3O. The van der Waals surface area contributed by atoms with Gasteiger partial charge in [0.25, 0.3) is 0 Å². The van der Waals surface area contributed by atoms with Crippen molar-refractivity contribution >= 4 is 16.8 Å². The number of carbonyl (C=O) groups excluding carboxylic acids is 1. The van der Waals surface area contributed by atoms with E-state index in [1.165, 1.54) is 22.0 Å². The SMILES string of the molecule is C=CCN1C[C@H](C(N)=O)C[C@@H]2c3cccc4[nH]cc(c34)C[C@H]21. The van der Waals surface area contributed by atoms with Crippen molar-refractivity contribution in [3.63, 3.8) is 0 Å². The van der Waals surface area contributed by atoms with Crippen LogP contribution in [0.4, 0.5) is 0 Å². The van der Waals surface area contributed by atoms with Gasteiger partial charge in [0.15, 0.2) is 0 Å². The number of H-pyrrole nitrogens is 1. The fourth-order valence-electron chi connectivity index (χ4n) is 4.38. The number of fused-ring (bicyclic) bond motifs is 2. The molecule has 2 aromatic rings. The Bertz CT molecular complexity index is 748. The summed E-state index contributed by atoms with van der Waals surface area (Å²) in [5, 5.41) is 1.35. The van der Waals surface area contributed by atoms with Gasteiger partial charge in [0.1, 0.15) is 0 Å². The van der Waals surface area contributed by atoms with Crippen LogP contribution in [-0.4, -0.2) is 34.9 Å². The van der Waals surface area contributed by atoms with Crippen molar-refractivity contribution in [1.82, 2.24) is 9.88 Å². The molecule has 2 aliphatic rings. The van der Waals surface area contributed by atoms with E-state index in [0.29, 0.717) is 12.0 Å². The topological polar surface area (TPSA) is 62.1 Å². The number of hydrogen-bond donors (Lipinski definition) is 2. The van der Waals surface area contributed by atoms with Crippen molar-refractivity contribution in [2.75, 3.05) is 13.1 Å². The van der Waals surface area contributed by atoms with Crippen molar-refractivity contribution in [1.29, 1.82) is 0 Å². The van der Waals surface area contributed by atoms with E-state index in [2.05, 4.69) is 40.9 Å². The number of piperidine rings is 1. The fraction of sp³-hybridized carbons (Fsp3) is 0.389. The predicted octanol–water partition coefficient (Wildman–Crippen LogP) is 2.17. The summed E-state index contributed by atoms with van der Waals surface area (Å²) in [7, 11) is 0. The van der Waals surface area contributed by atoms with Crippen LogP contribution in [0.2, 0.25) is 0 Å². The average molecular weight is 295 g/mol. The van der Waals surface area contributed by atoms with Crippen LogP contribution in [-0.2, 0) is 11.2 Å². The number of nitrogens with two attached hydrogens (primary N) is 1. The van der Waals surface area contributed by atoms with E-state index in [1.807, 2.05) is 6.08 Å². The number of nitrogens with one attached hydrogen (secondary N) is 1. The monoisotopic (exact) mass is 295 g/mol. The summed E-state index contributed by atoms with van der Waals surface area (Å²) in [6.07, 6.45) is 5.95. The lowest BCUT2D eigenvalue weighted by Crippen LogP contribution is -2.52. The van der Waals surface area contributed by atoms with Crippen LogP contribution in [0.25, 0.3) is 10.9 Å². The Labute approximate surface area is 130 Å². The van der Waals surface area contributed by atoms with Crippen molar-refractivity contribution in [2.24, 2.45) is 11.7 Å². The van der Waals surface area contributed by atoms with Crippen LogP contribution in [0.15, 0.2) is 37.1 Å². The molecule has 0 bridgehead atoms. The molecule has 4 rings (SSSR count). The highest BCUT2D eigenvalue weighted by Crippen LogP contribution is 2.44. The van der Waals surface area contributed by atoms with Crippen LogP contribution in [0.3, 0.4) is 0 Å². The van der Waals surface area contributed by atoms with Crippen molar-refractivity contribution in [3.05, 3.63) is 48.2 Å². The average Bonchev–Trinajstić information content (AvgIpc) is 2.93. The first kappa shape index (κ1) is 13.6. The second-order valence-corrected chi connectivity index (χ2v) is 6.54. The number of primary amides is 1. The summed E-state index contributed by atoms with van der Waals surface area (Å²) in [6.45, 7) is 5.43. The zero-order chi connectivity index (χ0) is 15.3. The molecule has 0 unspecified atom stereocenters. The molecule has 0 radical (unpaired) electrons. The molecule has 1 aromatic carbocycles. The second kappa shape index (κ2) is 4.99. The highest BCUT2D eigenvalue weighted by molar-refractivity contribution is 5.88. The third kappa shape index (κ3) is 1.91. The quantitative estimate of drug-likeness (QED) is 0.853. The highest BCUT2D eigenvalue weighted by Gasteiger charge is 2.41. The molecule has 114 valence electrons. The first-order chi connectivity index (χ1) is 10.7. The van der Waals surface area contributed by atoms with Crippen LogP contribution in [0, 0.1) is 5.92 Å². The van der Waals surface area contributed by atoms with Crippen LogP contribution >= 0.6 is 0 Å².